The lowest BCUT2D eigenvalue weighted by Gasteiger charge is -2.15. The number of carbonyl (C=O) groups is 1. The summed E-state index contributed by atoms with van der Waals surface area (Å²) < 4.78 is 14.0. The fourth-order valence-corrected chi connectivity index (χ4v) is 5.42. The van der Waals surface area contributed by atoms with Gasteiger partial charge in [0, 0.05) is 17.4 Å². The van der Waals surface area contributed by atoms with Gasteiger partial charge in [0.1, 0.15) is 30.2 Å². The van der Waals surface area contributed by atoms with E-state index in [4.69, 9.17) is 9.15 Å². The van der Waals surface area contributed by atoms with Gasteiger partial charge in [0.2, 0.25) is 0 Å². The molecule has 160 valence electrons. The smallest absolute Gasteiger partial charge is 0.197 e. The van der Waals surface area contributed by atoms with E-state index in [9.17, 15) is 4.79 Å². The standard InChI is InChI=1S/C24H27I2NO3/c1-4-6-10-21-22(17-9-7-8-11-20(17)30-21)23(28)16-14-18(25)24(19(26)15-16)29-13-12-27(3)5-2/h7-9,11,14-15H,4-6,10,12-13H2,1-3H3/p+1. The first-order chi connectivity index (χ1) is 14.5. The van der Waals surface area contributed by atoms with Gasteiger partial charge in [-0.2, -0.15) is 0 Å². The number of hydrogen-bond donors (Lipinski definition) is 1. The number of likely N-dealkylation sites (N-methyl/N-ethyl adjacent to an activating group) is 1. The monoisotopic (exact) mass is 632 g/mol. The maximum Gasteiger partial charge on any atom is 0.197 e. The second-order valence-corrected chi connectivity index (χ2v) is 9.83. The van der Waals surface area contributed by atoms with E-state index < -0.39 is 0 Å². The fourth-order valence-electron chi connectivity index (χ4n) is 3.34. The van der Waals surface area contributed by atoms with Crippen LogP contribution >= 0.6 is 45.2 Å². The molecule has 0 bridgehead atoms. The number of rotatable bonds is 10. The first-order valence-electron chi connectivity index (χ1n) is 10.4. The summed E-state index contributed by atoms with van der Waals surface area (Å²) in [5.74, 6) is 1.67. The normalized spacial score (nSPS) is 12.3. The Morgan fingerprint density at radius 2 is 1.83 bits per heavy atom. The number of ketones is 1. The molecule has 1 N–H and O–H groups in total. The second-order valence-electron chi connectivity index (χ2n) is 7.51. The molecular weight excluding hydrogens is 604 g/mol. The molecule has 2 aromatic carbocycles. The molecule has 1 aromatic heterocycles. The number of unbranched alkanes of at least 4 members (excludes halogenated alkanes) is 1. The van der Waals surface area contributed by atoms with Crippen molar-refractivity contribution in [1.29, 1.82) is 0 Å². The Morgan fingerprint density at radius 1 is 1.13 bits per heavy atom. The molecule has 0 spiro atoms. The minimum Gasteiger partial charge on any atom is -0.485 e. The van der Waals surface area contributed by atoms with Crippen molar-refractivity contribution in [2.24, 2.45) is 0 Å². The molecule has 1 atom stereocenters. The zero-order chi connectivity index (χ0) is 21.7. The van der Waals surface area contributed by atoms with Crippen LogP contribution in [0.25, 0.3) is 11.0 Å². The number of quaternary nitrogens is 1. The summed E-state index contributed by atoms with van der Waals surface area (Å²) in [5.41, 5.74) is 2.16. The van der Waals surface area contributed by atoms with Crippen LogP contribution in [0.4, 0.5) is 0 Å². The minimum atomic E-state index is 0.0172. The van der Waals surface area contributed by atoms with Crippen LogP contribution in [-0.4, -0.2) is 32.5 Å². The molecule has 1 heterocycles. The summed E-state index contributed by atoms with van der Waals surface area (Å²) in [6.45, 7) is 6.99. The molecule has 0 aliphatic carbocycles. The third kappa shape index (κ3) is 5.37. The van der Waals surface area contributed by atoms with Crippen molar-refractivity contribution >= 4 is 61.9 Å². The maximum atomic E-state index is 13.6. The van der Waals surface area contributed by atoms with Crippen LogP contribution in [0, 0.1) is 7.14 Å². The lowest BCUT2D eigenvalue weighted by Crippen LogP contribution is -3.09. The zero-order valence-corrected chi connectivity index (χ0v) is 22.0. The van der Waals surface area contributed by atoms with Crippen molar-refractivity contribution in [2.45, 2.75) is 33.1 Å². The topological polar surface area (TPSA) is 43.9 Å². The molecule has 0 fully saturated rings. The van der Waals surface area contributed by atoms with E-state index in [0.717, 1.165) is 62.0 Å². The summed E-state index contributed by atoms with van der Waals surface area (Å²) in [6.07, 6.45) is 2.83. The van der Waals surface area contributed by atoms with Gasteiger partial charge in [-0.15, -0.1) is 0 Å². The highest BCUT2D eigenvalue weighted by atomic mass is 127. The van der Waals surface area contributed by atoms with E-state index in [1.807, 2.05) is 36.4 Å². The molecule has 0 saturated heterocycles. The average molecular weight is 632 g/mol. The average Bonchev–Trinajstić information content (AvgIpc) is 3.11. The molecule has 0 aliphatic rings. The van der Waals surface area contributed by atoms with Crippen LogP contribution in [0.2, 0.25) is 0 Å². The molecule has 3 rings (SSSR count). The van der Waals surface area contributed by atoms with Crippen LogP contribution in [0.3, 0.4) is 0 Å². The van der Waals surface area contributed by atoms with Gasteiger partial charge >= 0.3 is 0 Å². The number of benzene rings is 2. The Kier molecular flexibility index (Phi) is 8.59. The SMILES string of the molecule is CCCCc1oc2ccccc2c1C(=O)c1cc(I)c(OCC[NH+](C)CC)c(I)c1. The first kappa shape index (κ1) is 23.5. The number of fused-ring (bicyclic) bond motifs is 1. The molecule has 4 nitrogen and oxygen atoms in total. The lowest BCUT2D eigenvalue weighted by molar-refractivity contribution is -0.877. The maximum absolute atomic E-state index is 13.6. The lowest BCUT2D eigenvalue weighted by atomic mass is 9.98. The third-order valence-electron chi connectivity index (χ3n) is 5.29. The van der Waals surface area contributed by atoms with Gasteiger partial charge in [0.15, 0.2) is 5.78 Å². The van der Waals surface area contributed by atoms with Crippen molar-refractivity contribution in [3.05, 3.63) is 60.4 Å². The predicted octanol–water partition coefficient (Wildman–Crippen LogP) is 5.13. The van der Waals surface area contributed by atoms with Gasteiger partial charge in [-0.05, 0) is 76.7 Å². The van der Waals surface area contributed by atoms with Crippen LogP contribution in [0.15, 0.2) is 40.8 Å². The highest BCUT2D eigenvalue weighted by molar-refractivity contribution is 14.1. The number of halogens is 2. The van der Waals surface area contributed by atoms with Crippen LogP contribution in [-0.2, 0) is 6.42 Å². The molecule has 0 amide bonds. The Balaban J connectivity index is 1.92. The number of para-hydroxylation sites is 1. The van der Waals surface area contributed by atoms with E-state index in [0.29, 0.717) is 17.7 Å². The summed E-state index contributed by atoms with van der Waals surface area (Å²) in [6, 6.07) is 11.7. The van der Waals surface area contributed by atoms with Crippen LogP contribution < -0.4 is 9.64 Å². The van der Waals surface area contributed by atoms with Gasteiger partial charge in [0.05, 0.1) is 26.3 Å². The summed E-state index contributed by atoms with van der Waals surface area (Å²) >= 11 is 4.53. The summed E-state index contributed by atoms with van der Waals surface area (Å²) in [7, 11) is 2.16. The second kappa shape index (κ2) is 10.9. The Labute approximate surface area is 205 Å². The van der Waals surface area contributed by atoms with Crippen molar-refractivity contribution in [1.82, 2.24) is 0 Å². The third-order valence-corrected chi connectivity index (χ3v) is 6.89. The summed E-state index contributed by atoms with van der Waals surface area (Å²) in [5, 5.41) is 0.893. The van der Waals surface area contributed by atoms with Gasteiger partial charge in [-0.1, -0.05) is 31.5 Å². The molecule has 6 heteroatoms. The molecule has 30 heavy (non-hydrogen) atoms. The first-order valence-corrected chi connectivity index (χ1v) is 12.6. The van der Waals surface area contributed by atoms with Gasteiger partial charge < -0.3 is 14.1 Å². The largest absolute Gasteiger partial charge is 0.485 e. The van der Waals surface area contributed by atoms with Crippen molar-refractivity contribution < 1.29 is 18.8 Å². The van der Waals surface area contributed by atoms with Gasteiger partial charge in [-0.25, -0.2) is 0 Å². The van der Waals surface area contributed by atoms with E-state index in [1.54, 1.807) is 0 Å². The number of carbonyl (C=O) groups excluding carboxylic acids is 1. The van der Waals surface area contributed by atoms with Crippen LogP contribution in [0.5, 0.6) is 5.75 Å². The van der Waals surface area contributed by atoms with Crippen molar-refractivity contribution in [3.63, 3.8) is 0 Å². The molecule has 3 aromatic rings. The van der Waals surface area contributed by atoms with E-state index in [1.165, 1.54) is 4.90 Å². The fraction of sp³-hybridized carbons (Fsp3) is 0.375. The Morgan fingerprint density at radius 3 is 2.50 bits per heavy atom. The predicted molar refractivity (Wildman–Crippen MR) is 138 cm³/mol. The number of aryl methyl sites for hydroxylation is 1. The highest BCUT2D eigenvalue weighted by Gasteiger charge is 2.23. The van der Waals surface area contributed by atoms with Gasteiger partial charge in [0.25, 0.3) is 0 Å². The molecule has 0 saturated carbocycles. The minimum absolute atomic E-state index is 0.0172. The summed E-state index contributed by atoms with van der Waals surface area (Å²) in [4.78, 5) is 15.0. The van der Waals surface area contributed by atoms with E-state index >= 15 is 0 Å². The highest BCUT2D eigenvalue weighted by Crippen LogP contribution is 2.33. The molecular formula is C24H28I2NO3+. The van der Waals surface area contributed by atoms with Crippen molar-refractivity contribution in [2.75, 3.05) is 26.7 Å². The Hall–Kier alpha value is -1.13. The van der Waals surface area contributed by atoms with Crippen molar-refractivity contribution in [3.8, 4) is 5.75 Å². The number of nitrogens with one attached hydrogen (secondary N) is 1. The quantitative estimate of drug-likeness (QED) is 0.249. The molecule has 1 unspecified atom stereocenters. The van der Waals surface area contributed by atoms with Crippen LogP contribution in [0.1, 0.15) is 48.4 Å². The van der Waals surface area contributed by atoms with E-state index in [2.05, 4.69) is 66.1 Å². The number of ether oxygens (including phenoxy) is 1. The zero-order valence-electron chi connectivity index (χ0n) is 17.7. The molecule has 0 aliphatic heterocycles. The number of furan rings is 1. The molecule has 0 radical (unpaired) electrons. The van der Waals surface area contributed by atoms with Gasteiger partial charge in [-0.3, -0.25) is 4.79 Å². The number of hydrogen-bond acceptors (Lipinski definition) is 3. The van der Waals surface area contributed by atoms with E-state index in [-0.39, 0.29) is 5.78 Å². The Bertz CT molecular complexity index is 1010.